The summed E-state index contributed by atoms with van der Waals surface area (Å²) in [5, 5.41) is 10.5. The van der Waals surface area contributed by atoms with E-state index in [1.54, 1.807) is 0 Å². The lowest BCUT2D eigenvalue weighted by atomic mass is 9.92. The molecule has 2 heterocycles. The summed E-state index contributed by atoms with van der Waals surface area (Å²) in [6.07, 6.45) is 3.75. The first kappa shape index (κ1) is 13.5. The smallest absolute Gasteiger partial charge is 0.358 e. The molecule has 0 bridgehead atoms. The van der Waals surface area contributed by atoms with Crippen molar-refractivity contribution in [1.82, 2.24) is 14.5 Å². The molecule has 0 aromatic carbocycles. The minimum absolute atomic E-state index is 0.00861. The number of nitrogens with zero attached hydrogens (tertiary/aromatic N) is 4. The standard InChI is InChI=1S/C12H18N4O3/c1-9-3-10(2)5-15(4-9)12(17)7-14-6-11(13-8-14)16(18)19/h6,8-10H,3-5,7H2,1-2H3. The molecule has 0 saturated carbocycles. The molecule has 1 amide bonds. The number of nitro groups is 1. The summed E-state index contributed by atoms with van der Waals surface area (Å²) in [5.74, 6) is 0.772. The molecule has 1 fully saturated rings. The predicted molar refractivity (Wildman–Crippen MR) is 68.4 cm³/mol. The molecular weight excluding hydrogens is 248 g/mol. The molecule has 1 saturated heterocycles. The van der Waals surface area contributed by atoms with Gasteiger partial charge >= 0.3 is 5.82 Å². The van der Waals surface area contributed by atoms with E-state index in [4.69, 9.17) is 0 Å². The third-order valence-corrected chi connectivity index (χ3v) is 3.35. The van der Waals surface area contributed by atoms with Crippen molar-refractivity contribution in [3.63, 3.8) is 0 Å². The Morgan fingerprint density at radius 2 is 2.11 bits per heavy atom. The monoisotopic (exact) mass is 266 g/mol. The molecule has 19 heavy (non-hydrogen) atoms. The molecule has 2 rings (SSSR count). The number of amides is 1. The molecule has 1 aromatic rings. The normalized spacial score (nSPS) is 23.4. The molecule has 7 heteroatoms. The maximum absolute atomic E-state index is 12.1. The number of hydrogen-bond donors (Lipinski definition) is 0. The van der Waals surface area contributed by atoms with E-state index in [0.717, 1.165) is 19.5 Å². The van der Waals surface area contributed by atoms with Crippen LogP contribution in [0.15, 0.2) is 12.5 Å². The Bertz CT molecular complexity index is 475. The Kier molecular flexibility index (Phi) is 3.82. The second-order valence-corrected chi connectivity index (χ2v) is 5.41. The molecule has 1 aliphatic rings. The van der Waals surface area contributed by atoms with Crippen molar-refractivity contribution >= 4 is 11.7 Å². The lowest BCUT2D eigenvalue weighted by molar-refractivity contribution is -0.389. The Hall–Kier alpha value is -1.92. The van der Waals surface area contributed by atoms with Gasteiger partial charge in [-0.1, -0.05) is 13.8 Å². The molecule has 0 radical (unpaired) electrons. The molecule has 0 spiro atoms. The molecule has 1 aliphatic heterocycles. The van der Waals surface area contributed by atoms with Crippen LogP contribution < -0.4 is 0 Å². The highest BCUT2D eigenvalue weighted by Gasteiger charge is 2.25. The second-order valence-electron chi connectivity index (χ2n) is 5.41. The minimum atomic E-state index is -0.563. The van der Waals surface area contributed by atoms with Crippen LogP contribution in [-0.4, -0.2) is 38.4 Å². The molecular formula is C12H18N4O3. The number of piperidine rings is 1. The zero-order chi connectivity index (χ0) is 14.0. The third-order valence-electron chi connectivity index (χ3n) is 3.35. The third kappa shape index (κ3) is 3.30. The van der Waals surface area contributed by atoms with Crippen molar-refractivity contribution in [2.24, 2.45) is 11.8 Å². The summed E-state index contributed by atoms with van der Waals surface area (Å²) in [6.45, 7) is 5.91. The van der Waals surface area contributed by atoms with Gasteiger partial charge in [0.1, 0.15) is 12.7 Å². The average molecular weight is 266 g/mol. The van der Waals surface area contributed by atoms with E-state index < -0.39 is 4.92 Å². The van der Waals surface area contributed by atoms with Crippen molar-refractivity contribution in [3.05, 3.63) is 22.6 Å². The quantitative estimate of drug-likeness (QED) is 0.610. The number of aromatic nitrogens is 2. The molecule has 7 nitrogen and oxygen atoms in total. The highest BCUT2D eigenvalue weighted by atomic mass is 16.6. The zero-order valence-electron chi connectivity index (χ0n) is 11.2. The fourth-order valence-corrected chi connectivity index (χ4v) is 2.65. The number of rotatable bonds is 3. The van der Waals surface area contributed by atoms with E-state index >= 15 is 0 Å². The fraction of sp³-hybridized carbons (Fsp3) is 0.667. The van der Waals surface area contributed by atoms with Crippen LogP contribution in [0.3, 0.4) is 0 Å². The van der Waals surface area contributed by atoms with Crippen LogP contribution in [0.25, 0.3) is 0 Å². The first-order valence-corrected chi connectivity index (χ1v) is 6.39. The lowest BCUT2D eigenvalue weighted by Crippen LogP contribution is -2.43. The number of imidazole rings is 1. The SMILES string of the molecule is CC1CC(C)CN(C(=O)Cn2cnc([N+](=O)[O-])c2)C1. The Morgan fingerprint density at radius 1 is 1.47 bits per heavy atom. The van der Waals surface area contributed by atoms with E-state index in [0.29, 0.717) is 11.8 Å². The highest BCUT2D eigenvalue weighted by molar-refractivity contribution is 5.76. The number of carbonyl (C=O) groups excluding carboxylic acids is 1. The Balaban J connectivity index is 1.98. The van der Waals surface area contributed by atoms with Crippen molar-refractivity contribution in [3.8, 4) is 0 Å². The van der Waals surface area contributed by atoms with E-state index in [1.165, 1.54) is 17.1 Å². The van der Waals surface area contributed by atoms with Gasteiger partial charge in [-0.25, -0.2) is 0 Å². The maximum atomic E-state index is 12.1. The van der Waals surface area contributed by atoms with Gasteiger partial charge < -0.3 is 19.6 Å². The molecule has 104 valence electrons. The number of hydrogen-bond acceptors (Lipinski definition) is 4. The van der Waals surface area contributed by atoms with Gasteiger partial charge in [0.05, 0.1) is 0 Å². The number of likely N-dealkylation sites (tertiary alicyclic amines) is 1. The molecule has 0 aliphatic carbocycles. The van der Waals surface area contributed by atoms with Gasteiger partial charge in [-0.3, -0.25) is 4.79 Å². The van der Waals surface area contributed by atoms with E-state index in [1.807, 2.05) is 4.90 Å². The maximum Gasteiger partial charge on any atom is 0.381 e. The van der Waals surface area contributed by atoms with Gasteiger partial charge in [0.25, 0.3) is 0 Å². The minimum Gasteiger partial charge on any atom is -0.358 e. The predicted octanol–water partition coefficient (Wildman–Crippen LogP) is 1.30. The van der Waals surface area contributed by atoms with Crippen LogP contribution >= 0.6 is 0 Å². The Morgan fingerprint density at radius 3 is 2.63 bits per heavy atom. The van der Waals surface area contributed by atoms with Crippen LogP contribution in [0.5, 0.6) is 0 Å². The largest absolute Gasteiger partial charge is 0.381 e. The summed E-state index contributed by atoms with van der Waals surface area (Å²) in [4.78, 5) is 27.6. The molecule has 2 atom stereocenters. The van der Waals surface area contributed by atoms with Gasteiger partial charge in [-0.2, -0.15) is 0 Å². The molecule has 1 aromatic heterocycles. The van der Waals surface area contributed by atoms with Crippen LogP contribution in [-0.2, 0) is 11.3 Å². The van der Waals surface area contributed by atoms with Gasteiger partial charge in [0, 0.05) is 13.1 Å². The van der Waals surface area contributed by atoms with E-state index in [2.05, 4.69) is 18.8 Å². The second kappa shape index (κ2) is 5.38. The summed E-state index contributed by atoms with van der Waals surface area (Å²) in [5.41, 5.74) is 0. The summed E-state index contributed by atoms with van der Waals surface area (Å²) in [6, 6.07) is 0. The summed E-state index contributed by atoms with van der Waals surface area (Å²) >= 11 is 0. The topological polar surface area (TPSA) is 81.3 Å². The van der Waals surface area contributed by atoms with Crippen molar-refractivity contribution in [2.75, 3.05) is 13.1 Å². The number of carbonyl (C=O) groups is 1. The first-order valence-electron chi connectivity index (χ1n) is 6.39. The van der Waals surface area contributed by atoms with E-state index in [9.17, 15) is 14.9 Å². The first-order chi connectivity index (χ1) is 8.95. The van der Waals surface area contributed by atoms with Crippen molar-refractivity contribution in [1.29, 1.82) is 0 Å². The zero-order valence-corrected chi connectivity index (χ0v) is 11.2. The van der Waals surface area contributed by atoms with Crippen LogP contribution in [0.1, 0.15) is 20.3 Å². The van der Waals surface area contributed by atoms with Gasteiger partial charge in [0.2, 0.25) is 12.2 Å². The average Bonchev–Trinajstić information content (AvgIpc) is 2.76. The molecule has 0 N–H and O–H groups in total. The van der Waals surface area contributed by atoms with Gasteiger partial charge in [-0.05, 0) is 28.2 Å². The molecule has 2 unspecified atom stereocenters. The summed E-state index contributed by atoms with van der Waals surface area (Å²) in [7, 11) is 0. The van der Waals surface area contributed by atoms with Crippen molar-refractivity contribution in [2.45, 2.75) is 26.8 Å². The Labute approximate surface area is 111 Å². The van der Waals surface area contributed by atoms with E-state index in [-0.39, 0.29) is 18.3 Å². The van der Waals surface area contributed by atoms with Crippen LogP contribution in [0.2, 0.25) is 0 Å². The van der Waals surface area contributed by atoms with Crippen LogP contribution in [0.4, 0.5) is 5.82 Å². The van der Waals surface area contributed by atoms with Crippen molar-refractivity contribution < 1.29 is 9.72 Å². The lowest BCUT2D eigenvalue weighted by Gasteiger charge is -2.35. The van der Waals surface area contributed by atoms with Gasteiger partial charge in [0.15, 0.2) is 0 Å². The fourth-order valence-electron chi connectivity index (χ4n) is 2.65. The van der Waals surface area contributed by atoms with Gasteiger partial charge in [-0.15, -0.1) is 0 Å². The van der Waals surface area contributed by atoms with Crippen LogP contribution in [0, 0.1) is 22.0 Å². The highest BCUT2D eigenvalue weighted by Crippen LogP contribution is 2.21. The summed E-state index contributed by atoms with van der Waals surface area (Å²) < 4.78 is 1.46.